The van der Waals surface area contributed by atoms with Gasteiger partial charge in [-0.05, 0) is 44.2 Å². The Labute approximate surface area is 163 Å². The Morgan fingerprint density at radius 1 is 1.15 bits per heavy atom. The van der Waals surface area contributed by atoms with Crippen molar-refractivity contribution in [3.63, 3.8) is 0 Å². The van der Waals surface area contributed by atoms with Crippen LogP contribution in [0.1, 0.15) is 24.2 Å². The summed E-state index contributed by atoms with van der Waals surface area (Å²) in [6, 6.07) is 14.8. The van der Waals surface area contributed by atoms with E-state index in [1.807, 2.05) is 30.3 Å². The number of anilines is 2. The standard InChI is InChI=1S/C21H23N3O2S/c1-4-24(5-2)21-23-19(14-27-21)15-8-6-10-17(12-15)22-20(25)16-9-7-11-18(13-16)26-3/h6-14H,4-5H2,1-3H3,(H,22,25). The van der Waals surface area contributed by atoms with Gasteiger partial charge in [-0.2, -0.15) is 0 Å². The molecule has 0 saturated heterocycles. The fraction of sp³-hybridized carbons (Fsp3) is 0.238. The van der Waals surface area contributed by atoms with Crippen LogP contribution in [0.15, 0.2) is 53.9 Å². The van der Waals surface area contributed by atoms with E-state index in [0.29, 0.717) is 11.3 Å². The first-order chi connectivity index (χ1) is 13.1. The Hall–Kier alpha value is -2.86. The third kappa shape index (κ3) is 4.46. The van der Waals surface area contributed by atoms with Gasteiger partial charge in [0.25, 0.3) is 5.91 Å². The van der Waals surface area contributed by atoms with Crippen LogP contribution in [0.2, 0.25) is 0 Å². The van der Waals surface area contributed by atoms with Gasteiger partial charge in [-0.1, -0.05) is 18.2 Å². The number of nitrogens with zero attached hydrogens (tertiary/aromatic N) is 2. The van der Waals surface area contributed by atoms with Crippen LogP contribution in [0.5, 0.6) is 5.75 Å². The number of rotatable bonds is 7. The molecule has 1 heterocycles. The highest BCUT2D eigenvalue weighted by Crippen LogP contribution is 2.29. The number of ether oxygens (including phenoxy) is 1. The number of hydrogen-bond acceptors (Lipinski definition) is 5. The fourth-order valence-corrected chi connectivity index (χ4v) is 3.72. The molecule has 0 radical (unpaired) electrons. The maximum absolute atomic E-state index is 12.5. The molecule has 0 saturated carbocycles. The maximum Gasteiger partial charge on any atom is 0.255 e. The first-order valence-corrected chi connectivity index (χ1v) is 9.78. The Kier molecular flexibility index (Phi) is 6.08. The second-order valence-electron chi connectivity index (χ2n) is 5.95. The van der Waals surface area contributed by atoms with Gasteiger partial charge in [0.1, 0.15) is 5.75 Å². The van der Waals surface area contributed by atoms with Crippen molar-refractivity contribution in [2.45, 2.75) is 13.8 Å². The molecule has 3 rings (SSSR count). The lowest BCUT2D eigenvalue weighted by Gasteiger charge is -2.16. The number of methoxy groups -OCH3 is 1. The molecular formula is C21H23N3O2S. The highest BCUT2D eigenvalue weighted by molar-refractivity contribution is 7.14. The number of thiazole rings is 1. The van der Waals surface area contributed by atoms with Gasteiger partial charge in [0, 0.05) is 35.3 Å². The van der Waals surface area contributed by atoms with Gasteiger partial charge in [0.2, 0.25) is 0 Å². The maximum atomic E-state index is 12.5. The molecular weight excluding hydrogens is 358 g/mol. The monoisotopic (exact) mass is 381 g/mol. The van der Waals surface area contributed by atoms with Gasteiger partial charge in [-0.3, -0.25) is 4.79 Å². The Morgan fingerprint density at radius 2 is 1.93 bits per heavy atom. The van der Waals surface area contributed by atoms with Crippen molar-refractivity contribution >= 4 is 28.1 Å². The average Bonchev–Trinajstić information content (AvgIpc) is 3.19. The Morgan fingerprint density at radius 3 is 2.67 bits per heavy atom. The summed E-state index contributed by atoms with van der Waals surface area (Å²) in [5.41, 5.74) is 3.18. The molecule has 0 aliphatic heterocycles. The predicted molar refractivity (Wildman–Crippen MR) is 112 cm³/mol. The molecule has 0 aliphatic carbocycles. The van der Waals surface area contributed by atoms with Crippen LogP contribution in [-0.2, 0) is 0 Å². The normalized spacial score (nSPS) is 10.5. The minimum atomic E-state index is -0.173. The van der Waals surface area contributed by atoms with Crippen LogP contribution in [0.3, 0.4) is 0 Å². The van der Waals surface area contributed by atoms with Crippen molar-refractivity contribution in [3.05, 3.63) is 59.5 Å². The van der Waals surface area contributed by atoms with E-state index < -0.39 is 0 Å². The minimum absolute atomic E-state index is 0.173. The molecule has 5 nitrogen and oxygen atoms in total. The van der Waals surface area contributed by atoms with E-state index >= 15 is 0 Å². The molecule has 27 heavy (non-hydrogen) atoms. The zero-order valence-electron chi connectivity index (χ0n) is 15.7. The van der Waals surface area contributed by atoms with Gasteiger partial charge < -0.3 is 15.0 Å². The van der Waals surface area contributed by atoms with Crippen LogP contribution < -0.4 is 15.0 Å². The largest absolute Gasteiger partial charge is 0.497 e. The van der Waals surface area contributed by atoms with Crippen LogP contribution in [-0.4, -0.2) is 31.1 Å². The molecule has 2 aromatic carbocycles. The third-order valence-electron chi connectivity index (χ3n) is 4.27. The van der Waals surface area contributed by atoms with E-state index in [9.17, 15) is 4.79 Å². The third-order valence-corrected chi connectivity index (χ3v) is 5.18. The summed E-state index contributed by atoms with van der Waals surface area (Å²) in [5.74, 6) is 0.482. The number of carbonyl (C=O) groups is 1. The van der Waals surface area contributed by atoms with Crippen LogP contribution >= 0.6 is 11.3 Å². The lowest BCUT2D eigenvalue weighted by Crippen LogP contribution is -2.21. The second kappa shape index (κ2) is 8.68. The lowest BCUT2D eigenvalue weighted by atomic mass is 10.1. The van der Waals surface area contributed by atoms with E-state index in [2.05, 4.69) is 29.4 Å². The molecule has 1 amide bonds. The summed E-state index contributed by atoms with van der Waals surface area (Å²) in [4.78, 5) is 19.5. The highest BCUT2D eigenvalue weighted by atomic mass is 32.1. The molecule has 140 valence electrons. The van der Waals surface area contributed by atoms with E-state index in [-0.39, 0.29) is 5.91 Å². The summed E-state index contributed by atoms with van der Waals surface area (Å²) in [6.07, 6.45) is 0. The molecule has 0 aliphatic rings. The smallest absolute Gasteiger partial charge is 0.255 e. The zero-order chi connectivity index (χ0) is 19.2. The molecule has 0 bridgehead atoms. The number of carbonyl (C=O) groups excluding carboxylic acids is 1. The minimum Gasteiger partial charge on any atom is -0.497 e. The van der Waals surface area contributed by atoms with Gasteiger partial charge in [0.15, 0.2) is 5.13 Å². The number of nitrogens with one attached hydrogen (secondary N) is 1. The first-order valence-electron chi connectivity index (χ1n) is 8.91. The summed E-state index contributed by atoms with van der Waals surface area (Å²) in [6.45, 7) is 6.11. The number of benzene rings is 2. The molecule has 3 aromatic rings. The van der Waals surface area contributed by atoms with Crippen LogP contribution in [0.25, 0.3) is 11.3 Å². The van der Waals surface area contributed by atoms with Crippen LogP contribution in [0.4, 0.5) is 10.8 Å². The SMILES string of the molecule is CCN(CC)c1nc(-c2cccc(NC(=O)c3cccc(OC)c3)c2)cs1. The molecule has 0 fully saturated rings. The van der Waals surface area contributed by atoms with E-state index in [4.69, 9.17) is 9.72 Å². The van der Waals surface area contributed by atoms with E-state index in [0.717, 1.165) is 35.2 Å². The Bertz CT molecular complexity index is 919. The van der Waals surface area contributed by atoms with Crippen molar-refractivity contribution in [3.8, 4) is 17.0 Å². The molecule has 0 atom stereocenters. The Balaban J connectivity index is 1.78. The number of aromatic nitrogens is 1. The summed E-state index contributed by atoms with van der Waals surface area (Å²) in [7, 11) is 1.58. The van der Waals surface area contributed by atoms with Crippen molar-refractivity contribution in [2.24, 2.45) is 0 Å². The molecule has 1 N–H and O–H groups in total. The quantitative estimate of drug-likeness (QED) is 0.631. The zero-order valence-corrected chi connectivity index (χ0v) is 16.5. The molecule has 1 aromatic heterocycles. The summed E-state index contributed by atoms with van der Waals surface area (Å²) >= 11 is 1.64. The number of hydrogen-bond donors (Lipinski definition) is 1. The molecule has 0 unspecified atom stereocenters. The van der Waals surface area contributed by atoms with E-state index in [1.54, 1.807) is 36.6 Å². The van der Waals surface area contributed by atoms with Gasteiger partial charge in [0.05, 0.1) is 12.8 Å². The van der Waals surface area contributed by atoms with Crippen LogP contribution in [0, 0.1) is 0 Å². The van der Waals surface area contributed by atoms with E-state index in [1.165, 1.54) is 0 Å². The molecule has 6 heteroatoms. The number of amides is 1. The summed E-state index contributed by atoms with van der Waals surface area (Å²) < 4.78 is 5.18. The molecule has 0 spiro atoms. The van der Waals surface area contributed by atoms with Crippen molar-refractivity contribution in [1.29, 1.82) is 0 Å². The first kappa shape index (κ1) is 18.9. The van der Waals surface area contributed by atoms with Gasteiger partial charge >= 0.3 is 0 Å². The lowest BCUT2D eigenvalue weighted by molar-refractivity contribution is 0.102. The second-order valence-corrected chi connectivity index (χ2v) is 6.79. The predicted octanol–water partition coefficient (Wildman–Crippen LogP) is 4.92. The summed E-state index contributed by atoms with van der Waals surface area (Å²) in [5, 5.41) is 6.01. The highest BCUT2D eigenvalue weighted by Gasteiger charge is 2.11. The van der Waals surface area contributed by atoms with Crippen molar-refractivity contribution in [2.75, 3.05) is 30.4 Å². The fourth-order valence-electron chi connectivity index (χ4n) is 2.76. The van der Waals surface area contributed by atoms with Gasteiger partial charge in [-0.25, -0.2) is 4.98 Å². The van der Waals surface area contributed by atoms with Crippen molar-refractivity contribution in [1.82, 2.24) is 4.98 Å². The van der Waals surface area contributed by atoms with Crippen molar-refractivity contribution < 1.29 is 9.53 Å². The topological polar surface area (TPSA) is 54.5 Å². The van der Waals surface area contributed by atoms with Gasteiger partial charge in [-0.15, -0.1) is 11.3 Å². The average molecular weight is 382 g/mol.